The summed E-state index contributed by atoms with van der Waals surface area (Å²) in [5, 5.41) is 0. The monoisotopic (exact) mass is 356 g/mol. The van der Waals surface area contributed by atoms with Crippen LogP contribution in [0.4, 0.5) is 4.39 Å². The first kappa shape index (κ1) is 13.6. The maximum absolute atomic E-state index is 13.7. The second kappa shape index (κ2) is 5.22. The first-order chi connectivity index (χ1) is 9.58. The van der Waals surface area contributed by atoms with Crippen molar-refractivity contribution in [2.75, 3.05) is 0 Å². The first-order valence-electron chi connectivity index (χ1n) is 6.04. The third-order valence-electron chi connectivity index (χ3n) is 3.10. The Balaban J connectivity index is 2.14. The average molecular weight is 358 g/mol. The van der Waals surface area contributed by atoms with Crippen LogP contribution in [-0.4, -0.2) is 9.55 Å². The molecule has 0 aliphatic rings. The molecule has 0 fully saturated rings. The van der Waals surface area contributed by atoms with Gasteiger partial charge in [0, 0.05) is 6.07 Å². The van der Waals surface area contributed by atoms with Gasteiger partial charge in [-0.1, -0.05) is 0 Å². The van der Waals surface area contributed by atoms with Crippen molar-refractivity contribution in [1.82, 2.24) is 9.55 Å². The number of hydrogen-bond donors (Lipinski definition) is 0. The summed E-state index contributed by atoms with van der Waals surface area (Å²) in [4.78, 5) is 4.43. The molecule has 2 heterocycles. The Labute approximate surface area is 128 Å². The molecule has 1 aromatic carbocycles. The molecule has 0 spiro atoms. The highest BCUT2D eigenvalue weighted by molar-refractivity contribution is 9.10. The highest BCUT2D eigenvalue weighted by atomic mass is 79.9. The van der Waals surface area contributed by atoms with Gasteiger partial charge in [0.1, 0.15) is 23.2 Å². The molecule has 0 saturated heterocycles. The number of benzene rings is 1. The maximum Gasteiger partial charge on any atom is 0.139 e. The Morgan fingerprint density at radius 1 is 1.40 bits per heavy atom. The molecule has 2 aromatic heterocycles. The fourth-order valence-electron chi connectivity index (χ4n) is 2.17. The predicted molar refractivity (Wildman–Crippen MR) is 79.5 cm³/mol. The van der Waals surface area contributed by atoms with Gasteiger partial charge in [-0.25, -0.2) is 9.37 Å². The lowest BCUT2D eigenvalue weighted by molar-refractivity contribution is 0.470. The van der Waals surface area contributed by atoms with E-state index in [1.54, 1.807) is 6.07 Å². The van der Waals surface area contributed by atoms with Crippen LogP contribution in [0.15, 0.2) is 33.2 Å². The summed E-state index contributed by atoms with van der Waals surface area (Å²) < 4.78 is 21.6. The summed E-state index contributed by atoms with van der Waals surface area (Å²) in [5.41, 5.74) is 1.41. The third-order valence-corrected chi connectivity index (χ3v) is 3.95. The maximum atomic E-state index is 13.7. The lowest BCUT2D eigenvalue weighted by atomic mass is 10.3. The summed E-state index contributed by atoms with van der Waals surface area (Å²) in [6.45, 7) is 2.36. The number of alkyl halides is 1. The van der Waals surface area contributed by atoms with Gasteiger partial charge >= 0.3 is 0 Å². The highest BCUT2D eigenvalue weighted by Gasteiger charge is 2.14. The van der Waals surface area contributed by atoms with Crippen LogP contribution in [0, 0.1) is 12.7 Å². The smallest absolute Gasteiger partial charge is 0.139 e. The molecule has 6 heteroatoms. The Hall–Kier alpha value is -1.33. The van der Waals surface area contributed by atoms with Crippen molar-refractivity contribution in [3.8, 4) is 0 Å². The fourth-order valence-corrected chi connectivity index (χ4v) is 2.71. The molecule has 0 amide bonds. The lowest BCUT2D eigenvalue weighted by Gasteiger charge is -2.05. The quantitative estimate of drug-likeness (QED) is 0.640. The van der Waals surface area contributed by atoms with Crippen LogP contribution in [0.5, 0.6) is 0 Å². The van der Waals surface area contributed by atoms with Crippen molar-refractivity contribution >= 4 is 38.6 Å². The molecule has 3 rings (SSSR count). The van der Waals surface area contributed by atoms with Gasteiger partial charge in [0.05, 0.1) is 27.9 Å². The Morgan fingerprint density at radius 3 is 2.85 bits per heavy atom. The van der Waals surface area contributed by atoms with Crippen molar-refractivity contribution in [2.45, 2.75) is 19.3 Å². The summed E-state index contributed by atoms with van der Waals surface area (Å²) in [6, 6.07) is 6.91. The number of rotatable bonds is 3. The number of fused-ring (bicyclic) bond motifs is 1. The molecule has 0 aliphatic heterocycles. The van der Waals surface area contributed by atoms with Crippen LogP contribution >= 0.6 is 27.5 Å². The topological polar surface area (TPSA) is 31.0 Å². The van der Waals surface area contributed by atoms with Crippen LogP contribution in [0.2, 0.25) is 0 Å². The Morgan fingerprint density at radius 2 is 2.20 bits per heavy atom. The van der Waals surface area contributed by atoms with E-state index in [-0.39, 0.29) is 11.7 Å². The third kappa shape index (κ3) is 2.36. The normalized spacial score (nSPS) is 11.4. The number of halogens is 3. The Bertz CT molecular complexity index is 781. The van der Waals surface area contributed by atoms with Crippen LogP contribution < -0.4 is 0 Å². The molecule has 0 atom stereocenters. The molecule has 3 aromatic rings. The van der Waals surface area contributed by atoms with E-state index >= 15 is 0 Å². The van der Waals surface area contributed by atoms with Gasteiger partial charge in [-0.2, -0.15) is 0 Å². The van der Waals surface area contributed by atoms with Gasteiger partial charge in [0.15, 0.2) is 0 Å². The van der Waals surface area contributed by atoms with Crippen molar-refractivity contribution in [3.63, 3.8) is 0 Å². The zero-order chi connectivity index (χ0) is 14.3. The molecule has 0 unspecified atom stereocenters. The van der Waals surface area contributed by atoms with E-state index in [1.165, 1.54) is 6.07 Å². The number of nitrogens with zero attached hydrogens (tertiary/aromatic N) is 2. The van der Waals surface area contributed by atoms with Gasteiger partial charge in [-0.3, -0.25) is 0 Å². The summed E-state index contributed by atoms with van der Waals surface area (Å²) in [6.07, 6.45) is 0. The molecule has 0 saturated carbocycles. The molecule has 20 heavy (non-hydrogen) atoms. The van der Waals surface area contributed by atoms with Crippen molar-refractivity contribution in [1.29, 1.82) is 0 Å². The van der Waals surface area contributed by atoms with Gasteiger partial charge in [-0.15, -0.1) is 11.6 Å². The van der Waals surface area contributed by atoms with Crippen LogP contribution in [0.3, 0.4) is 0 Å². The van der Waals surface area contributed by atoms with E-state index in [2.05, 4.69) is 20.9 Å². The van der Waals surface area contributed by atoms with E-state index in [4.69, 9.17) is 16.0 Å². The molecule has 0 bridgehead atoms. The molecule has 0 radical (unpaired) electrons. The minimum Gasteiger partial charge on any atom is -0.464 e. The summed E-state index contributed by atoms with van der Waals surface area (Å²) in [7, 11) is 0. The lowest BCUT2D eigenvalue weighted by Crippen LogP contribution is -2.03. The van der Waals surface area contributed by atoms with E-state index in [0.29, 0.717) is 27.9 Å². The molecule has 104 valence electrons. The Kier molecular flexibility index (Phi) is 3.56. The molecular weight excluding hydrogens is 347 g/mol. The number of furan rings is 1. The second-order valence-corrected chi connectivity index (χ2v) is 5.64. The van der Waals surface area contributed by atoms with Crippen LogP contribution in [0.1, 0.15) is 17.3 Å². The molecule has 0 aliphatic carbocycles. The van der Waals surface area contributed by atoms with E-state index in [1.807, 2.05) is 23.6 Å². The minimum absolute atomic E-state index is 0.258. The van der Waals surface area contributed by atoms with Crippen molar-refractivity contribution in [2.24, 2.45) is 0 Å². The number of aryl methyl sites for hydroxylation is 1. The predicted octanol–water partition coefficient (Wildman–Crippen LogP) is 4.63. The molecular formula is C14H11BrClFN2O. The van der Waals surface area contributed by atoms with Crippen molar-refractivity contribution in [3.05, 3.63) is 51.9 Å². The SMILES string of the molecule is Cc1ccc(Cn2c(CCl)nc3cc(Br)c(F)cc32)o1. The number of aromatic nitrogens is 2. The van der Waals surface area contributed by atoms with Gasteiger partial charge in [0.2, 0.25) is 0 Å². The zero-order valence-corrected chi connectivity index (χ0v) is 13.0. The minimum atomic E-state index is -0.324. The van der Waals surface area contributed by atoms with E-state index in [0.717, 1.165) is 11.5 Å². The van der Waals surface area contributed by atoms with Gasteiger partial charge in [0.25, 0.3) is 0 Å². The standard InChI is InChI=1S/C14H11BrClFN2O/c1-8-2-3-9(20-8)7-19-13-5-11(17)10(15)4-12(13)18-14(19)6-16/h2-5H,6-7H2,1H3. The first-order valence-corrected chi connectivity index (χ1v) is 7.36. The molecule has 3 nitrogen and oxygen atoms in total. The fraction of sp³-hybridized carbons (Fsp3) is 0.214. The second-order valence-electron chi connectivity index (χ2n) is 4.52. The highest BCUT2D eigenvalue weighted by Crippen LogP contribution is 2.25. The van der Waals surface area contributed by atoms with Gasteiger partial charge in [-0.05, 0) is 41.1 Å². The number of imidazole rings is 1. The molecule has 0 N–H and O–H groups in total. The number of hydrogen-bond acceptors (Lipinski definition) is 2. The van der Waals surface area contributed by atoms with E-state index < -0.39 is 0 Å². The van der Waals surface area contributed by atoms with Gasteiger partial charge < -0.3 is 8.98 Å². The summed E-state index contributed by atoms with van der Waals surface area (Å²) >= 11 is 9.10. The largest absolute Gasteiger partial charge is 0.464 e. The zero-order valence-electron chi connectivity index (χ0n) is 10.7. The van der Waals surface area contributed by atoms with E-state index in [9.17, 15) is 4.39 Å². The average Bonchev–Trinajstić information content (AvgIpc) is 2.96. The van der Waals surface area contributed by atoms with Crippen molar-refractivity contribution < 1.29 is 8.81 Å². The van der Waals surface area contributed by atoms with Crippen LogP contribution in [0.25, 0.3) is 11.0 Å². The summed E-state index contributed by atoms with van der Waals surface area (Å²) in [5.74, 6) is 2.25. The van der Waals surface area contributed by atoms with Crippen LogP contribution in [-0.2, 0) is 12.4 Å².